The van der Waals surface area contributed by atoms with E-state index in [1.54, 1.807) is 24.3 Å². The smallest absolute Gasteiger partial charge is 0.335 e. The van der Waals surface area contributed by atoms with Crippen molar-refractivity contribution in [3.63, 3.8) is 0 Å². The van der Waals surface area contributed by atoms with E-state index in [0.717, 1.165) is 11.1 Å². The van der Waals surface area contributed by atoms with Crippen LogP contribution in [0.3, 0.4) is 0 Å². The topological polar surface area (TPSA) is 66.8 Å². The number of aryl methyl sites for hydroxylation is 1. The summed E-state index contributed by atoms with van der Waals surface area (Å²) in [6, 6.07) is 16.7. The van der Waals surface area contributed by atoms with Crippen LogP contribution in [0.25, 0.3) is 0 Å². The number of hydrogen-bond donors (Lipinski definition) is 1. The number of carboxylic acids is 1. The maximum atomic E-state index is 12.9. The van der Waals surface area contributed by atoms with Gasteiger partial charge in [-0.1, -0.05) is 42.5 Å². The molecule has 142 valence electrons. The molecule has 1 heterocycles. The van der Waals surface area contributed by atoms with Crippen molar-refractivity contribution in [2.24, 2.45) is 0 Å². The Bertz CT molecular complexity index is 799. The number of nitrogens with zero attached hydrogens (tertiary/aromatic N) is 1. The number of amides is 1. The van der Waals surface area contributed by atoms with Crippen LogP contribution in [-0.4, -0.2) is 40.6 Å². The van der Waals surface area contributed by atoms with Crippen LogP contribution in [0.1, 0.15) is 47.9 Å². The predicted molar refractivity (Wildman–Crippen MR) is 103 cm³/mol. The number of hydrogen-bond acceptors (Lipinski definition) is 3. The normalized spacial score (nSPS) is 18.9. The van der Waals surface area contributed by atoms with Gasteiger partial charge in [0.05, 0.1) is 24.3 Å². The molecule has 5 nitrogen and oxygen atoms in total. The van der Waals surface area contributed by atoms with Crippen LogP contribution in [0.4, 0.5) is 0 Å². The molecule has 1 N–H and O–H groups in total. The third kappa shape index (κ3) is 4.55. The van der Waals surface area contributed by atoms with E-state index >= 15 is 0 Å². The van der Waals surface area contributed by atoms with Crippen molar-refractivity contribution in [3.05, 3.63) is 71.3 Å². The lowest BCUT2D eigenvalue weighted by Gasteiger charge is -2.45. The lowest BCUT2D eigenvalue weighted by Crippen LogP contribution is -2.56. The molecule has 1 saturated heterocycles. The molecule has 2 aromatic rings. The number of carbonyl (C=O) groups is 2. The second kappa shape index (κ2) is 7.92. The minimum absolute atomic E-state index is 0.0894. The van der Waals surface area contributed by atoms with Gasteiger partial charge in [-0.15, -0.1) is 0 Å². The van der Waals surface area contributed by atoms with Crippen molar-refractivity contribution in [1.29, 1.82) is 0 Å². The highest BCUT2D eigenvalue weighted by Gasteiger charge is 2.38. The third-order valence-corrected chi connectivity index (χ3v) is 5.02. The van der Waals surface area contributed by atoms with Gasteiger partial charge >= 0.3 is 5.97 Å². The first-order valence-corrected chi connectivity index (χ1v) is 9.16. The van der Waals surface area contributed by atoms with E-state index in [4.69, 9.17) is 9.84 Å². The molecule has 1 aliphatic rings. The molecule has 1 atom stereocenters. The van der Waals surface area contributed by atoms with E-state index in [1.807, 2.05) is 49.1 Å². The summed E-state index contributed by atoms with van der Waals surface area (Å²) in [6.45, 7) is 5.07. The molecule has 1 fully saturated rings. The van der Waals surface area contributed by atoms with Crippen molar-refractivity contribution in [2.45, 2.75) is 38.3 Å². The fourth-order valence-electron chi connectivity index (χ4n) is 3.36. The quantitative estimate of drug-likeness (QED) is 0.875. The van der Waals surface area contributed by atoms with Crippen molar-refractivity contribution in [3.8, 4) is 0 Å². The summed E-state index contributed by atoms with van der Waals surface area (Å²) in [4.78, 5) is 25.8. The first-order chi connectivity index (χ1) is 12.9. The summed E-state index contributed by atoms with van der Waals surface area (Å²) in [7, 11) is 0. The molecule has 5 heteroatoms. The molecule has 0 aliphatic carbocycles. The zero-order chi connectivity index (χ0) is 19.4. The predicted octanol–water partition coefficient (Wildman–Crippen LogP) is 3.70. The Balaban J connectivity index is 1.65. The molecule has 0 spiro atoms. The van der Waals surface area contributed by atoms with Gasteiger partial charge in [-0.25, -0.2) is 4.79 Å². The van der Waals surface area contributed by atoms with E-state index < -0.39 is 5.97 Å². The first-order valence-electron chi connectivity index (χ1n) is 9.16. The molecule has 0 aromatic heterocycles. The van der Waals surface area contributed by atoms with Gasteiger partial charge in [0, 0.05) is 6.42 Å². The lowest BCUT2D eigenvalue weighted by molar-refractivity contribution is -0.154. The number of ether oxygens (including phenoxy) is 1. The van der Waals surface area contributed by atoms with Crippen LogP contribution in [0.15, 0.2) is 54.6 Å². The standard InChI is InChI=1S/C22H25NO4/c1-22(2)15-27-19(17-6-4-3-5-7-17)14-23(22)20(24)13-10-16-8-11-18(12-9-16)21(25)26/h3-9,11-12,19H,10,13-15H2,1-2H3,(H,25,26). The largest absolute Gasteiger partial charge is 0.478 e. The van der Waals surface area contributed by atoms with Crippen molar-refractivity contribution < 1.29 is 19.4 Å². The van der Waals surface area contributed by atoms with Gasteiger partial charge in [-0.2, -0.15) is 0 Å². The van der Waals surface area contributed by atoms with Crippen molar-refractivity contribution >= 4 is 11.9 Å². The van der Waals surface area contributed by atoms with Crippen LogP contribution < -0.4 is 0 Å². The molecule has 0 bridgehead atoms. The summed E-state index contributed by atoms with van der Waals surface area (Å²) in [5.41, 5.74) is 1.94. The van der Waals surface area contributed by atoms with Gasteiger partial charge in [-0.3, -0.25) is 4.79 Å². The summed E-state index contributed by atoms with van der Waals surface area (Å²) in [5, 5.41) is 8.97. The van der Waals surface area contributed by atoms with Crippen LogP contribution in [-0.2, 0) is 16.0 Å². The summed E-state index contributed by atoms with van der Waals surface area (Å²) < 4.78 is 6.01. The Morgan fingerprint density at radius 1 is 1.11 bits per heavy atom. The minimum atomic E-state index is -0.945. The van der Waals surface area contributed by atoms with Gasteiger partial charge in [0.15, 0.2) is 0 Å². The van der Waals surface area contributed by atoms with E-state index in [0.29, 0.717) is 26.0 Å². The van der Waals surface area contributed by atoms with Gasteiger partial charge in [0.1, 0.15) is 6.10 Å². The van der Waals surface area contributed by atoms with Gasteiger partial charge in [0.25, 0.3) is 0 Å². The van der Waals surface area contributed by atoms with Crippen molar-refractivity contribution in [2.75, 3.05) is 13.2 Å². The van der Waals surface area contributed by atoms with E-state index in [-0.39, 0.29) is 23.1 Å². The number of rotatable bonds is 5. The zero-order valence-corrected chi connectivity index (χ0v) is 15.7. The van der Waals surface area contributed by atoms with Gasteiger partial charge in [-0.05, 0) is 43.5 Å². The third-order valence-electron chi connectivity index (χ3n) is 5.02. The average Bonchev–Trinajstić information content (AvgIpc) is 2.67. The van der Waals surface area contributed by atoms with E-state index in [2.05, 4.69) is 0 Å². The van der Waals surface area contributed by atoms with Gasteiger partial charge < -0.3 is 14.7 Å². The van der Waals surface area contributed by atoms with Crippen LogP contribution in [0.2, 0.25) is 0 Å². The highest BCUT2D eigenvalue weighted by Crippen LogP contribution is 2.30. The number of morpholine rings is 1. The second-order valence-corrected chi connectivity index (χ2v) is 7.53. The SMILES string of the molecule is CC1(C)COC(c2ccccc2)CN1C(=O)CCc1ccc(C(=O)O)cc1. The molecule has 1 amide bonds. The zero-order valence-electron chi connectivity index (χ0n) is 15.7. The highest BCUT2D eigenvalue weighted by molar-refractivity contribution is 5.87. The fourth-order valence-corrected chi connectivity index (χ4v) is 3.36. The second-order valence-electron chi connectivity index (χ2n) is 7.53. The number of aromatic carboxylic acids is 1. The Morgan fingerprint density at radius 3 is 2.41 bits per heavy atom. The Labute approximate surface area is 159 Å². The van der Waals surface area contributed by atoms with Crippen molar-refractivity contribution in [1.82, 2.24) is 4.90 Å². The molecule has 0 radical (unpaired) electrons. The first kappa shape index (κ1) is 19.1. The van der Waals surface area contributed by atoms with Crippen LogP contribution in [0.5, 0.6) is 0 Å². The summed E-state index contributed by atoms with van der Waals surface area (Å²) in [5.74, 6) is -0.855. The molecular formula is C22H25NO4. The lowest BCUT2D eigenvalue weighted by atomic mass is 9.97. The number of carboxylic acid groups (broad SMARTS) is 1. The average molecular weight is 367 g/mol. The fraction of sp³-hybridized carbons (Fsp3) is 0.364. The molecule has 1 aliphatic heterocycles. The van der Waals surface area contributed by atoms with E-state index in [9.17, 15) is 9.59 Å². The monoisotopic (exact) mass is 367 g/mol. The number of benzene rings is 2. The summed E-state index contributed by atoms with van der Waals surface area (Å²) in [6.07, 6.45) is 0.859. The van der Waals surface area contributed by atoms with Gasteiger partial charge in [0.2, 0.25) is 5.91 Å². The van der Waals surface area contributed by atoms with Crippen LogP contribution in [0, 0.1) is 0 Å². The Kier molecular flexibility index (Phi) is 5.61. The highest BCUT2D eigenvalue weighted by atomic mass is 16.5. The Morgan fingerprint density at radius 2 is 1.78 bits per heavy atom. The van der Waals surface area contributed by atoms with E-state index in [1.165, 1.54) is 0 Å². The molecule has 0 saturated carbocycles. The summed E-state index contributed by atoms with van der Waals surface area (Å²) >= 11 is 0. The molecular weight excluding hydrogens is 342 g/mol. The number of carbonyl (C=O) groups excluding carboxylic acids is 1. The maximum Gasteiger partial charge on any atom is 0.335 e. The molecule has 27 heavy (non-hydrogen) atoms. The Hall–Kier alpha value is -2.66. The maximum absolute atomic E-state index is 12.9. The molecule has 3 rings (SSSR count). The molecule has 1 unspecified atom stereocenters. The van der Waals surface area contributed by atoms with Crippen LogP contribution >= 0.6 is 0 Å². The molecule has 2 aromatic carbocycles. The minimum Gasteiger partial charge on any atom is -0.478 e.